The number of likely N-dealkylation sites (N-methyl/N-ethyl adjacent to an activating group) is 1. The van der Waals surface area contributed by atoms with Gasteiger partial charge in [0.1, 0.15) is 0 Å². The van der Waals surface area contributed by atoms with Crippen molar-refractivity contribution in [2.45, 2.75) is 19.4 Å². The minimum Gasteiger partial charge on any atom is -0.309 e. The zero-order chi connectivity index (χ0) is 12.3. The fourth-order valence-corrected chi connectivity index (χ4v) is 3.14. The molecule has 2 rings (SSSR count). The highest BCUT2D eigenvalue weighted by atomic mass is 79.9. The van der Waals surface area contributed by atoms with Crippen molar-refractivity contribution in [1.29, 1.82) is 0 Å². The van der Waals surface area contributed by atoms with Crippen LogP contribution in [0.5, 0.6) is 0 Å². The molecule has 0 saturated carbocycles. The number of hydrogen-bond acceptors (Lipinski definition) is 5. The monoisotopic (exact) mass is 315 g/mol. The predicted octanol–water partition coefficient (Wildman–Crippen LogP) is 1.93. The highest BCUT2D eigenvalue weighted by molar-refractivity contribution is 9.10. The number of nitrogens with one attached hydrogen (secondary N) is 1. The van der Waals surface area contributed by atoms with Gasteiger partial charge in [-0.1, -0.05) is 6.92 Å². The van der Waals surface area contributed by atoms with Gasteiger partial charge in [-0.2, -0.15) is 4.80 Å². The maximum Gasteiger partial charge on any atom is 0.176 e. The van der Waals surface area contributed by atoms with Gasteiger partial charge in [0.05, 0.1) is 7.05 Å². The molecule has 0 spiro atoms. The zero-order valence-electron chi connectivity index (χ0n) is 9.72. The molecular weight excluding hydrogens is 302 g/mol. The second-order valence-electron chi connectivity index (χ2n) is 3.68. The van der Waals surface area contributed by atoms with Crippen LogP contribution in [0, 0.1) is 0 Å². The molecule has 0 radical (unpaired) electrons. The lowest BCUT2D eigenvalue weighted by Crippen LogP contribution is -2.22. The van der Waals surface area contributed by atoms with Crippen LogP contribution in [0.15, 0.2) is 15.9 Å². The van der Waals surface area contributed by atoms with E-state index in [0.29, 0.717) is 0 Å². The van der Waals surface area contributed by atoms with Crippen LogP contribution in [-0.2, 0) is 13.5 Å². The van der Waals surface area contributed by atoms with Crippen LogP contribution >= 0.6 is 27.3 Å². The van der Waals surface area contributed by atoms with Crippen molar-refractivity contribution >= 4 is 27.3 Å². The van der Waals surface area contributed by atoms with Crippen molar-refractivity contribution in [3.8, 4) is 0 Å². The molecule has 2 aromatic heterocycles. The highest BCUT2D eigenvalue weighted by Crippen LogP contribution is 2.27. The maximum absolute atomic E-state index is 4.21. The summed E-state index contributed by atoms with van der Waals surface area (Å²) in [5, 5.41) is 17.6. The zero-order valence-corrected chi connectivity index (χ0v) is 12.1. The van der Waals surface area contributed by atoms with Crippen LogP contribution in [0.1, 0.15) is 23.7 Å². The molecule has 2 heterocycles. The van der Waals surface area contributed by atoms with E-state index in [1.807, 2.05) is 0 Å². The average Bonchev–Trinajstić information content (AvgIpc) is 2.87. The Kier molecular flexibility index (Phi) is 4.25. The van der Waals surface area contributed by atoms with Gasteiger partial charge in [0.2, 0.25) is 0 Å². The van der Waals surface area contributed by atoms with Crippen molar-refractivity contribution in [2.24, 2.45) is 7.05 Å². The molecule has 5 nitrogen and oxygen atoms in total. The van der Waals surface area contributed by atoms with Crippen LogP contribution in [-0.4, -0.2) is 26.8 Å². The van der Waals surface area contributed by atoms with E-state index < -0.39 is 0 Å². The van der Waals surface area contributed by atoms with Gasteiger partial charge in [-0.15, -0.1) is 21.5 Å². The van der Waals surface area contributed by atoms with E-state index in [2.05, 4.69) is 55.0 Å². The van der Waals surface area contributed by atoms with Crippen molar-refractivity contribution < 1.29 is 0 Å². The lowest BCUT2D eigenvalue weighted by Gasteiger charge is -2.13. The molecule has 0 aliphatic carbocycles. The molecule has 1 unspecified atom stereocenters. The molecule has 0 amide bonds. The molecule has 2 aromatic rings. The number of hydrogen-bond donors (Lipinski definition) is 1. The molecule has 7 heteroatoms. The normalized spacial score (nSPS) is 12.9. The Hall–Kier alpha value is -0.790. The smallest absolute Gasteiger partial charge is 0.176 e. The highest BCUT2D eigenvalue weighted by Gasteiger charge is 2.15. The third-order valence-electron chi connectivity index (χ3n) is 2.32. The Labute approximate surface area is 112 Å². The van der Waals surface area contributed by atoms with E-state index in [9.17, 15) is 0 Å². The minimum atomic E-state index is 0.250. The first-order chi connectivity index (χ1) is 8.19. The summed E-state index contributed by atoms with van der Waals surface area (Å²) in [5.74, 6) is 0.767. The van der Waals surface area contributed by atoms with Crippen LogP contribution in [0.2, 0.25) is 0 Å². The molecule has 0 fully saturated rings. The van der Waals surface area contributed by atoms with Crippen LogP contribution in [0.3, 0.4) is 0 Å². The summed E-state index contributed by atoms with van der Waals surface area (Å²) in [5.41, 5.74) is 0. The maximum atomic E-state index is 4.21. The van der Waals surface area contributed by atoms with Gasteiger partial charge in [0.25, 0.3) is 0 Å². The van der Waals surface area contributed by atoms with Gasteiger partial charge in [-0.3, -0.25) is 0 Å². The van der Waals surface area contributed by atoms with Crippen LogP contribution in [0.25, 0.3) is 0 Å². The van der Waals surface area contributed by atoms with Crippen molar-refractivity contribution in [1.82, 2.24) is 25.5 Å². The van der Waals surface area contributed by atoms with Crippen LogP contribution in [0.4, 0.5) is 0 Å². The first-order valence-corrected chi connectivity index (χ1v) is 7.06. The minimum absolute atomic E-state index is 0.250. The molecule has 0 aliphatic heterocycles. The summed E-state index contributed by atoms with van der Waals surface area (Å²) in [6.45, 7) is 3.01. The van der Waals surface area contributed by atoms with E-state index in [-0.39, 0.29) is 6.04 Å². The molecule has 1 N–H and O–H groups in total. The van der Waals surface area contributed by atoms with E-state index >= 15 is 0 Å². The lowest BCUT2D eigenvalue weighted by molar-refractivity contribution is 0.542. The number of halogens is 1. The Morgan fingerprint density at radius 3 is 2.94 bits per heavy atom. The lowest BCUT2D eigenvalue weighted by atomic mass is 10.1. The number of tetrazole rings is 1. The Bertz CT molecular complexity index is 481. The Balaban J connectivity index is 2.12. The van der Waals surface area contributed by atoms with E-state index in [1.165, 1.54) is 9.67 Å². The Morgan fingerprint density at radius 2 is 2.41 bits per heavy atom. The van der Waals surface area contributed by atoms with Gasteiger partial charge in [0, 0.05) is 27.2 Å². The number of rotatable bonds is 5. The molecular formula is C10H14BrN5S. The molecule has 1 atom stereocenters. The third-order valence-corrected chi connectivity index (χ3v) is 4.13. The van der Waals surface area contributed by atoms with Crippen molar-refractivity contribution in [2.75, 3.05) is 6.54 Å². The molecule has 0 aliphatic rings. The average molecular weight is 316 g/mol. The van der Waals surface area contributed by atoms with Crippen molar-refractivity contribution in [3.63, 3.8) is 0 Å². The fourth-order valence-electron chi connectivity index (χ4n) is 1.62. The van der Waals surface area contributed by atoms with E-state index in [1.54, 1.807) is 18.4 Å². The fraction of sp³-hybridized carbons (Fsp3) is 0.500. The summed E-state index contributed by atoms with van der Waals surface area (Å²) < 4.78 is 1.12. The number of nitrogens with zero attached hydrogens (tertiary/aromatic N) is 4. The summed E-state index contributed by atoms with van der Waals surface area (Å²) in [7, 11) is 1.78. The number of aryl methyl sites for hydroxylation is 1. The molecule has 92 valence electrons. The first-order valence-electron chi connectivity index (χ1n) is 5.39. The van der Waals surface area contributed by atoms with Gasteiger partial charge >= 0.3 is 0 Å². The summed E-state index contributed by atoms with van der Waals surface area (Å²) in [4.78, 5) is 2.77. The quantitative estimate of drug-likeness (QED) is 0.916. The van der Waals surface area contributed by atoms with Gasteiger partial charge in [-0.25, -0.2) is 0 Å². The standard InChI is InChI=1S/C10H14BrN5S/c1-3-12-8(9-4-7(11)6-17-9)5-10-13-15-16(2)14-10/h4,6,8,12H,3,5H2,1-2H3. The SMILES string of the molecule is CCNC(Cc1nnn(C)n1)c1cc(Br)cs1. The van der Waals surface area contributed by atoms with E-state index in [4.69, 9.17) is 0 Å². The number of thiophene rings is 1. The summed E-state index contributed by atoms with van der Waals surface area (Å²) in [6, 6.07) is 2.38. The predicted molar refractivity (Wildman–Crippen MR) is 70.9 cm³/mol. The number of aromatic nitrogens is 4. The molecule has 0 aromatic carbocycles. The van der Waals surface area contributed by atoms with Crippen molar-refractivity contribution in [3.05, 3.63) is 26.6 Å². The Morgan fingerprint density at radius 1 is 1.59 bits per heavy atom. The molecule has 0 saturated heterocycles. The van der Waals surface area contributed by atoms with Gasteiger partial charge in [0.15, 0.2) is 5.82 Å². The summed E-state index contributed by atoms with van der Waals surface area (Å²) >= 11 is 5.21. The molecule has 17 heavy (non-hydrogen) atoms. The first kappa shape index (κ1) is 12.7. The summed E-state index contributed by atoms with van der Waals surface area (Å²) in [6.07, 6.45) is 0.759. The van der Waals surface area contributed by atoms with E-state index in [0.717, 1.165) is 23.3 Å². The largest absolute Gasteiger partial charge is 0.309 e. The van der Waals surface area contributed by atoms with Gasteiger partial charge < -0.3 is 5.32 Å². The topological polar surface area (TPSA) is 55.6 Å². The van der Waals surface area contributed by atoms with Gasteiger partial charge in [-0.05, 0) is 33.8 Å². The second kappa shape index (κ2) is 5.70. The molecule has 0 bridgehead atoms. The second-order valence-corrected chi connectivity index (χ2v) is 5.54. The van der Waals surface area contributed by atoms with Crippen LogP contribution < -0.4 is 5.32 Å². The third kappa shape index (κ3) is 3.34.